The molecule has 2 aromatic rings. The summed E-state index contributed by atoms with van der Waals surface area (Å²) in [7, 11) is 2.00. The predicted octanol–water partition coefficient (Wildman–Crippen LogP) is 3.85. The van der Waals surface area contributed by atoms with E-state index in [9.17, 15) is 0 Å². The average molecular weight is 358 g/mol. The minimum absolute atomic E-state index is 0.666. The van der Waals surface area contributed by atoms with E-state index in [2.05, 4.69) is 32.9 Å². The highest BCUT2D eigenvalue weighted by molar-refractivity contribution is 9.10. The number of hydrogen-bond acceptors (Lipinski definition) is 3. The summed E-state index contributed by atoms with van der Waals surface area (Å²) in [6.45, 7) is 5.44. The van der Waals surface area contributed by atoms with Crippen molar-refractivity contribution in [2.75, 3.05) is 17.7 Å². The molecule has 0 saturated carbocycles. The monoisotopic (exact) mass is 356 g/mol. The first-order valence-corrected chi connectivity index (χ1v) is 7.59. The van der Waals surface area contributed by atoms with Gasteiger partial charge in [-0.15, -0.1) is 0 Å². The molecule has 0 aliphatic carbocycles. The fraction of sp³-hybridized carbons (Fsp3) is 0.357. The number of nitrogens with zero attached hydrogens (tertiary/aromatic N) is 3. The molecule has 1 aromatic heterocycles. The van der Waals surface area contributed by atoms with E-state index in [1.54, 1.807) is 0 Å². The second-order valence-corrected chi connectivity index (χ2v) is 6.01. The summed E-state index contributed by atoms with van der Waals surface area (Å²) in [5.41, 5.74) is 9.65. The zero-order valence-electron chi connectivity index (χ0n) is 11.8. The fourth-order valence-corrected chi connectivity index (χ4v) is 2.78. The molecule has 0 aliphatic heterocycles. The van der Waals surface area contributed by atoms with Gasteiger partial charge >= 0.3 is 0 Å². The molecule has 0 aliphatic rings. The Morgan fingerprint density at radius 3 is 2.75 bits per heavy atom. The van der Waals surface area contributed by atoms with Crippen LogP contribution < -0.4 is 10.6 Å². The molecular formula is C14H18BrClN4. The van der Waals surface area contributed by atoms with E-state index in [0.717, 1.165) is 38.8 Å². The first kappa shape index (κ1) is 15.2. The van der Waals surface area contributed by atoms with Crippen LogP contribution in [0.15, 0.2) is 22.7 Å². The summed E-state index contributed by atoms with van der Waals surface area (Å²) < 4.78 is 2.91. The van der Waals surface area contributed by atoms with Gasteiger partial charge in [-0.05, 0) is 32.0 Å². The number of rotatable bonds is 4. The maximum Gasteiger partial charge on any atom is 0.0865 e. The smallest absolute Gasteiger partial charge is 0.0865 e. The maximum absolute atomic E-state index is 6.34. The number of nitrogens with two attached hydrogens (primary N) is 1. The quantitative estimate of drug-likeness (QED) is 0.846. The van der Waals surface area contributed by atoms with Crippen molar-refractivity contribution in [3.63, 3.8) is 0 Å². The predicted molar refractivity (Wildman–Crippen MR) is 88.3 cm³/mol. The number of aromatic nitrogens is 2. The maximum atomic E-state index is 6.34. The minimum Gasteiger partial charge on any atom is -0.397 e. The average Bonchev–Trinajstić information content (AvgIpc) is 2.66. The Bertz CT molecular complexity index is 624. The third-order valence-electron chi connectivity index (χ3n) is 3.24. The molecule has 0 saturated heterocycles. The second-order valence-electron chi connectivity index (χ2n) is 4.72. The molecule has 2 N–H and O–H groups in total. The lowest BCUT2D eigenvalue weighted by molar-refractivity contribution is 0.613. The Kier molecular flexibility index (Phi) is 4.60. The van der Waals surface area contributed by atoms with Crippen LogP contribution in [-0.2, 0) is 13.1 Å². The highest BCUT2D eigenvalue weighted by Crippen LogP contribution is 2.29. The van der Waals surface area contributed by atoms with E-state index in [1.165, 1.54) is 0 Å². The van der Waals surface area contributed by atoms with E-state index >= 15 is 0 Å². The lowest BCUT2D eigenvalue weighted by atomic mass is 10.2. The Balaban J connectivity index is 2.30. The van der Waals surface area contributed by atoms with Crippen LogP contribution in [0.2, 0.25) is 5.02 Å². The first-order chi connectivity index (χ1) is 9.43. The molecule has 0 atom stereocenters. The number of hydrogen-bond donors (Lipinski definition) is 1. The van der Waals surface area contributed by atoms with Crippen molar-refractivity contribution in [3.8, 4) is 0 Å². The van der Waals surface area contributed by atoms with Gasteiger partial charge in [0.25, 0.3) is 0 Å². The SMILES string of the molecule is CCn1nc(C)c(Cl)c1CN(C)c1ccc(Br)cc1N. The molecular weight excluding hydrogens is 340 g/mol. The highest BCUT2D eigenvalue weighted by Gasteiger charge is 2.15. The third kappa shape index (κ3) is 2.94. The molecule has 4 nitrogen and oxygen atoms in total. The molecule has 0 radical (unpaired) electrons. The van der Waals surface area contributed by atoms with Gasteiger partial charge in [0.15, 0.2) is 0 Å². The van der Waals surface area contributed by atoms with Crippen molar-refractivity contribution in [1.82, 2.24) is 9.78 Å². The molecule has 0 spiro atoms. The van der Waals surface area contributed by atoms with Gasteiger partial charge in [-0.3, -0.25) is 4.68 Å². The van der Waals surface area contributed by atoms with Crippen molar-refractivity contribution in [2.24, 2.45) is 0 Å². The molecule has 108 valence electrons. The summed E-state index contributed by atoms with van der Waals surface area (Å²) in [4.78, 5) is 2.08. The second kappa shape index (κ2) is 6.06. The van der Waals surface area contributed by atoms with Crippen LogP contribution in [-0.4, -0.2) is 16.8 Å². The Labute approximate surface area is 132 Å². The molecule has 2 rings (SSSR count). The summed E-state index contributed by atoms with van der Waals surface area (Å²) in [6.07, 6.45) is 0. The highest BCUT2D eigenvalue weighted by atomic mass is 79.9. The van der Waals surface area contributed by atoms with E-state index < -0.39 is 0 Å². The van der Waals surface area contributed by atoms with Gasteiger partial charge < -0.3 is 10.6 Å². The van der Waals surface area contributed by atoms with Crippen LogP contribution in [0.3, 0.4) is 0 Å². The van der Waals surface area contributed by atoms with Crippen LogP contribution in [0, 0.1) is 6.92 Å². The molecule has 6 heteroatoms. The number of aryl methyl sites for hydroxylation is 2. The van der Waals surface area contributed by atoms with Crippen LogP contribution in [0.4, 0.5) is 11.4 Å². The normalized spacial score (nSPS) is 10.8. The lowest BCUT2D eigenvalue weighted by Crippen LogP contribution is -2.20. The van der Waals surface area contributed by atoms with Crippen molar-refractivity contribution in [3.05, 3.63) is 39.1 Å². The van der Waals surface area contributed by atoms with Gasteiger partial charge in [0.05, 0.1) is 34.3 Å². The van der Waals surface area contributed by atoms with Crippen LogP contribution in [0.1, 0.15) is 18.3 Å². The first-order valence-electron chi connectivity index (χ1n) is 6.42. The number of nitrogen functional groups attached to an aromatic ring is 1. The van der Waals surface area contributed by atoms with Crippen LogP contribution in [0.5, 0.6) is 0 Å². The Morgan fingerprint density at radius 2 is 2.15 bits per heavy atom. The standard InChI is InChI=1S/C14H18BrClN4/c1-4-20-13(14(16)9(2)18-20)8-19(3)12-6-5-10(15)7-11(12)17/h5-7H,4,8,17H2,1-3H3. The summed E-state index contributed by atoms with van der Waals surface area (Å²) in [6, 6.07) is 5.87. The van der Waals surface area contributed by atoms with Crippen molar-refractivity contribution >= 4 is 38.9 Å². The van der Waals surface area contributed by atoms with Gasteiger partial charge in [-0.1, -0.05) is 27.5 Å². The summed E-state index contributed by atoms with van der Waals surface area (Å²) in [5, 5.41) is 5.16. The minimum atomic E-state index is 0.666. The third-order valence-corrected chi connectivity index (χ3v) is 4.23. The topological polar surface area (TPSA) is 47.1 Å². The fourth-order valence-electron chi connectivity index (χ4n) is 2.20. The Hall–Kier alpha value is -1.20. The van der Waals surface area contributed by atoms with E-state index in [1.807, 2.05) is 36.9 Å². The van der Waals surface area contributed by atoms with Gasteiger partial charge in [0.2, 0.25) is 0 Å². The summed E-state index contributed by atoms with van der Waals surface area (Å²) in [5.74, 6) is 0. The molecule has 0 unspecified atom stereocenters. The molecule has 0 bridgehead atoms. The molecule has 1 heterocycles. The van der Waals surface area contributed by atoms with Gasteiger partial charge in [-0.2, -0.15) is 5.10 Å². The van der Waals surface area contributed by atoms with E-state index in [-0.39, 0.29) is 0 Å². The number of halogens is 2. The summed E-state index contributed by atoms with van der Waals surface area (Å²) >= 11 is 9.76. The number of anilines is 2. The molecule has 0 fully saturated rings. The van der Waals surface area contributed by atoms with Gasteiger partial charge in [-0.25, -0.2) is 0 Å². The van der Waals surface area contributed by atoms with E-state index in [0.29, 0.717) is 6.54 Å². The molecule has 1 aromatic carbocycles. The van der Waals surface area contributed by atoms with Gasteiger partial charge in [0.1, 0.15) is 0 Å². The lowest BCUT2D eigenvalue weighted by Gasteiger charge is -2.22. The van der Waals surface area contributed by atoms with E-state index in [4.69, 9.17) is 17.3 Å². The van der Waals surface area contributed by atoms with Gasteiger partial charge in [0, 0.05) is 18.1 Å². The van der Waals surface area contributed by atoms with Crippen LogP contribution in [0.25, 0.3) is 0 Å². The molecule has 0 amide bonds. The largest absolute Gasteiger partial charge is 0.397 e. The van der Waals surface area contributed by atoms with Crippen molar-refractivity contribution in [2.45, 2.75) is 26.9 Å². The Morgan fingerprint density at radius 1 is 1.45 bits per heavy atom. The van der Waals surface area contributed by atoms with Crippen LogP contribution >= 0.6 is 27.5 Å². The zero-order chi connectivity index (χ0) is 14.9. The zero-order valence-corrected chi connectivity index (χ0v) is 14.2. The number of benzene rings is 1. The molecule has 20 heavy (non-hydrogen) atoms. The van der Waals surface area contributed by atoms with Crippen molar-refractivity contribution in [1.29, 1.82) is 0 Å². The van der Waals surface area contributed by atoms with Crippen molar-refractivity contribution < 1.29 is 0 Å².